The molecule has 0 aromatic carbocycles. The molecule has 2 heterocycles. The number of nitrogens with one attached hydrogen (secondary N) is 1. The molecule has 0 bridgehead atoms. The number of likely N-dealkylation sites (N-methyl/N-ethyl adjacent to an activating group) is 1. The van der Waals surface area contributed by atoms with Crippen LogP contribution in [0.3, 0.4) is 0 Å². The summed E-state index contributed by atoms with van der Waals surface area (Å²) in [7, 11) is 1.66. The van der Waals surface area contributed by atoms with Crippen LogP contribution in [0.1, 0.15) is 24.2 Å². The third-order valence-corrected chi connectivity index (χ3v) is 3.34. The van der Waals surface area contributed by atoms with Crippen molar-refractivity contribution in [3.05, 3.63) is 23.8 Å². The number of carbonyl (C=O) groups excluding carboxylic acids is 1. The first-order chi connectivity index (χ1) is 8.19. The lowest BCUT2D eigenvalue weighted by atomic mass is 9.74. The van der Waals surface area contributed by atoms with Crippen LogP contribution in [0.5, 0.6) is 0 Å². The molecule has 0 unspecified atom stereocenters. The number of aryl methyl sites for hydroxylation is 1. The second-order valence-corrected chi connectivity index (χ2v) is 4.29. The number of ether oxygens (including phenoxy) is 1. The number of nitrogens with zero attached hydrogens (tertiary/aromatic N) is 2. The smallest absolute Gasteiger partial charge is 0.230 e. The van der Waals surface area contributed by atoms with Crippen molar-refractivity contribution in [2.75, 3.05) is 20.3 Å². The standard InChI is InChI=1S/C12H17N3O2/c1-9-14-7-10(8-15-9)12(11(16)13-2)3-5-17-6-4-12/h7-8H,3-6H2,1-2H3,(H,13,16). The van der Waals surface area contributed by atoms with E-state index in [1.807, 2.05) is 6.92 Å². The van der Waals surface area contributed by atoms with E-state index in [1.165, 1.54) is 0 Å². The van der Waals surface area contributed by atoms with E-state index in [2.05, 4.69) is 15.3 Å². The van der Waals surface area contributed by atoms with Crippen molar-refractivity contribution in [3.63, 3.8) is 0 Å². The van der Waals surface area contributed by atoms with Crippen LogP contribution >= 0.6 is 0 Å². The van der Waals surface area contributed by atoms with Crippen LogP contribution in [0.25, 0.3) is 0 Å². The average molecular weight is 235 g/mol. The number of hydrogen-bond acceptors (Lipinski definition) is 4. The zero-order chi connectivity index (χ0) is 12.3. The van der Waals surface area contributed by atoms with Gasteiger partial charge in [0.25, 0.3) is 0 Å². The van der Waals surface area contributed by atoms with Crippen LogP contribution in [0.2, 0.25) is 0 Å². The van der Waals surface area contributed by atoms with Gasteiger partial charge in [-0.2, -0.15) is 0 Å². The van der Waals surface area contributed by atoms with E-state index in [1.54, 1.807) is 19.4 Å². The van der Waals surface area contributed by atoms with Gasteiger partial charge in [0.1, 0.15) is 5.82 Å². The van der Waals surface area contributed by atoms with Gasteiger partial charge in [0.05, 0.1) is 5.41 Å². The van der Waals surface area contributed by atoms with E-state index in [-0.39, 0.29) is 5.91 Å². The zero-order valence-electron chi connectivity index (χ0n) is 10.2. The molecule has 2 rings (SSSR count). The third kappa shape index (κ3) is 2.15. The van der Waals surface area contributed by atoms with E-state index in [9.17, 15) is 4.79 Å². The topological polar surface area (TPSA) is 64.1 Å². The molecule has 1 amide bonds. The normalized spacial score (nSPS) is 18.7. The fraction of sp³-hybridized carbons (Fsp3) is 0.583. The van der Waals surface area contributed by atoms with Gasteiger partial charge in [-0.25, -0.2) is 9.97 Å². The predicted molar refractivity (Wildman–Crippen MR) is 62.6 cm³/mol. The van der Waals surface area contributed by atoms with Crippen LogP contribution in [-0.2, 0) is 14.9 Å². The molecule has 1 N–H and O–H groups in total. The van der Waals surface area contributed by atoms with Gasteiger partial charge in [0, 0.05) is 38.2 Å². The van der Waals surface area contributed by atoms with Crippen molar-refractivity contribution >= 4 is 5.91 Å². The molecule has 1 aromatic rings. The van der Waals surface area contributed by atoms with Gasteiger partial charge in [-0.15, -0.1) is 0 Å². The van der Waals surface area contributed by atoms with E-state index in [0.29, 0.717) is 31.9 Å². The molecule has 0 saturated carbocycles. The highest BCUT2D eigenvalue weighted by Gasteiger charge is 2.41. The van der Waals surface area contributed by atoms with Gasteiger partial charge in [0.2, 0.25) is 5.91 Å². The van der Waals surface area contributed by atoms with Gasteiger partial charge in [-0.1, -0.05) is 0 Å². The third-order valence-electron chi connectivity index (χ3n) is 3.34. The van der Waals surface area contributed by atoms with Crippen molar-refractivity contribution in [2.45, 2.75) is 25.2 Å². The molecule has 5 heteroatoms. The largest absolute Gasteiger partial charge is 0.381 e. The van der Waals surface area contributed by atoms with Gasteiger partial charge in [-0.05, 0) is 19.8 Å². The summed E-state index contributed by atoms with van der Waals surface area (Å²) < 4.78 is 5.34. The Labute approximate surface area is 101 Å². The molecule has 17 heavy (non-hydrogen) atoms. The Morgan fingerprint density at radius 1 is 1.35 bits per heavy atom. The van der Waals surface area contributed by atoms with E-state index in [0.717, 1.165) is 5.56 Å². The van der Waals surface area contributed by atoms with E-state index in [4.69, 9.17) is 4.74 Å². The van der Waals surface area contributed by atoms with Gasteiger partial charge < -0.3 is 10.1 Å². The highest BCUT2D eigenvalue weighted by molar-refractivity contribution is 5.88. The average Bonchev–Trinajstić information content (AvgIpc) is 2.39. The fourth-order valence-electron chi connectivity index (χ4n) is 2.25. The summed E-state index contributed by atoms with van der Waals surface area (Å²) in [6, 6.07) is 0. The molecular weight excluding hydrogens is 218 g/mol. The predicted octanol–water partition coefficient (Wildman–Crippen LogP) is 0.579. The minimum absolute atomic E-state index is 0.0215. The maximum absolute atomic E-state index is 12.2. The van der Waals surface area contributed by atoms with Crippen LogP contribution in [-0.4, -0.2) is 36.1 Å². The lowest BCUT2D eigenvalue weighted by molar-refractivity contribution is -0.130. The van der Waals surface area contributed by atoms with Crippen molar-refractivity contribution in [1.29, 1.82) is 0 Å². The van der Waals surface area contributed by atoms with Gasteiger partial charge >= 0.3 is 0 Å². The minimum Gasteiger partial charge on any atom is -0.381 e. The molecule has 1 aliphatic rings. The Bertz CT molecular complexity index is 397. The van der Waals surface area contributed by atoms with Gasteiger partial charge in [0.15, 0.2) is 0 Å². The lowest BCUT2D eigenvalue weighted by Gasteiger charge is -2.35. The Kier molecular flexibility index (Phi) is 3.38. The Balaban J connectivity index is 2.38. The maximum Gasteiger partial charge on any atom is 0.230 e. The van der Waals surface area contributed by atoms with Crippen molar-refractivity contribution in [3.8, 4) is 0 Å². The summed E-state index contributed by atoms with van der Waals surface area (Å²) in [5.41, 5.74) is 0.353. The molecule has 1 aliphatic heterocycles. The van der Waals surface area contributed by atoms with Gasteiger partial charge in [-0.3, -0.25) is 4.79 Å². The van der Waals surface area contributed by atoms with Crippen LogP contribution < -0.4 is 5.32 Å². The summed E-state index contributed by atoms with van der Waals surface area (Å²) >= 11 is 0. The molecular formula is C12H17N3O2. The first-order valence-corrected chi connectivity index (χ1v) is 5.78. The van der Waals surface area contributed by atoms with Crippen molar-refractivity contribution < 1.29 is 9.53 Å². The maximum atomic E-state index is 12.2. The molecule has 1 saturated heterocycles. The summed E-state index contributed by atoms with van der Waals surface area (Å²) in [6.07, 6.45) is 4.87. The summed E-state index contributed by atoms with van der Waals surface area (Å²) in [4.78, 5) is 20.5. The summed E-state index contributed by atoms with van der Waals surface area (Å²) in [6.45, 7) is 3.03. The number of amides is 1. The number of hydrogen-bond donors (Lipinski definition) is 1. The molecule has 0 spiro atoms. The fourth-order valence-corrected chi connectivity index (χ4v) is 2.25. The lowest BCUT2D eigenvalue weighted by Crippen LogP contribution is -2.47. The SMILES string of the molecule is CNC(=O)C1(c2cnc(C)nc2)CCOCC1. The molecule has 0 radical (unpaired) electrons. The number of rotatable bonds is 2. The zero-order valence-corrected chi connectivity index (χ0v) is 10.2. The first-order valence-electron chi connectivity index (χ1n) is 5.78. The van der Waals surface area contributed by atoms with Crippen molar-refractivity contribution in [1.82, 2.24) is 15.3 Å². The molecule has 0 aliphatic carbocycles. The molecule has 0 atom stereocenters. The second-order valence-electron chi connectivity index (χ2n) is 4.29. The minimum atomic E-state index is -0.527. The second kappa shape index (κ2) is 4.79. The molecule has 5 nitrogen and oxygen atoms in total. The van der Waals surface area contributed by atoms with Crippen LogP contribution in [0, 0.1) is 6.92 Å². The summed E-state index contributed by atoms with van der Waals surface area (Å²) in [5, 5.41) is 2.74. The number of aromatic nitrogens is 2. The Morgan fingerprint density at radius 3 is 2.47 bits per heavy atom. The summed E-state index contributed by atoms with van der Waals surface area (Å²) in [5.74, 6) is 0.737. The van der Waals surface area contributed by atoms with Crippen LogP contribution in [0.15, 0.2) is 12.4 Å². The van der Waals surface area contributed by atoms with E-state index >= 15 is 0 Å². The highest BCUT2D eigenvalue weighted by atomic mass is 16.5. The first kappa shape index (κ1) is 12.0. The highest BCUT2D eigenvalue weighted by Crippen LogP contribution is 2.34. The molecule has 1 fully saturated rings. The van der Waals surface area contributed by atoms with Crippen LogP contribution in [0.4, 0.5) is 0 Å². The monoisotopic (exact) mass is 235 g/mol. The molecule has 92 valence electrons. The quantitative estimate of drug-likeness (QED) is 0.814. The van der Waals surface area contributed by atoms with E-state index < -0.39 is 5.41 Å². The number of carbonyl (C=O) groups is 1. The van der Waals surface area contributed by atoms with Crippen molar-refractivity contribution in [2.24, 2.45) is 0 Å². The Hall–Kier alpha value is -1.49. The molecule has 1 aromatic heterocycles. The Morgan fingerprint density at radius 2 is 1.94 bits per heavy atom.